The molecule has 8 nitrogen and oxygen atoms in total. The summed E-state index contributed by atoms with van der Waals surface area (Å²) in [5.74, 6) is 0.727. The van der Waals surface area contributed by atoms with E-state index in [1.165, 1.54) is 0 Å². The summed E-state index contributed by atoms with van der Waals surface area (Å²) >= 11 is 0. The van der Waals surface area contributed by atoms with E-state index in [0.717, 1.165) is 25.2 Å². The highest BCUT2D eigenvalue weighted by molar-refractivity contribution is 5.93. The molecular formula is C21H32FN3O5. The minimum Gasteiger partial charge on any atom is -0.476 e. The van der Waals surface area contributed by atoms with Gasteiger partial charge in [0.25, 0.3) is 5.91 Å². The molecule has 3 atom stereocenters. The van der Waals surface area contributed by atoms with E-state index in [-0.39, 0.29) is 30.4 Å². The molecule has 2 aliphatic rings. The van der Waals surface area contributed by atoms with Crippen LogP contribution >= 0.6 is 0 Å². The van der Waals surface area contributed by atoms with E-state index in [0.29, 0.717) is 44.0 Å². The van der Waals surface area contributed by atoms with Crippen molar-refractivity contribution in [3.63, 3.8) is 0 Å². The number of methoxy groups -OCH3 is 1. The van der Waals surface area contributed by atoms with E-state index in [1.807, 2.05) is 13.0 Å². The molecule has 0 bridgehead atoms. The first-order valence-electron chi connectivity index (χ1n) is 10.5. The van der Waals surface area contributed by atoms with Gasteiger partial charge in [0.1, 0.15) is 11.4 Å². The van der Waals surface area contributed by atoms with Crippen LogP contribution in [-0.4, -0.2) is 81.4 Å². The van der Waals surface area contributed by atoms with Crippen LogP contribution in [0.5, 0.6) is 5.88 Å². The number of nitrogens with one attached hydrogen (secondary N) is 1. The zero-order chi connectivity index (χ0) is 21.5. The molecule has 1 aliphatic carbocycles. The number of alkyl halides is 1. The van der Waals surface area contributed by atoms with Crippen LogP contribution in [-0.2, 0) is 9.47 Å². The van der Waals surface area contributed by atoms with Gasteiger partial charge in [0.05, 0.1) is 26.0 Å². The van der Waals surface area contributed by atoms with Crippen LogP contribution < -0.4 is 15.0 Å². The number of hydrogen-bond acceptors (Lipinski definition) is 7. The molecule has 1 saturated carbocycles. The number of pyridine rings is 1. The standard InChI is InChI=1S/C21H32FN3O5/c1-14(12-29-7-3-6-22)23-20(27)18-4-5-19(25-9-17(10-25)28-2)21(24-18)30-13-16-8-15(16)11-26/h4-5,14-17,26H,3,6-13H2,1-2H3,(H,23,27)/t14-,15+,16+/m0/s1. The van der Waals surface area contributed by atoms with Crippen molar-refractivity contribution in [3.8, 4) is 5.88 Å². The Balaban J connectivity index is 1.61. The lowest BCUT2D eigenvalue weighted by atomic mass is 10.1. The van der Waals surface area contributed by atoms with Crippen LogP contribution in [0.25, 0.3) is 0 Å². The van der Waals surface area contributed by atoms with E-state index >= 15 is 0 Å². The lowest BCUT2D eigenvalue weighted by Gasteiger charge is -2.40. The van der Waals surface area contributed by atoms with Crippen LogP contribution in [0.1, 0.15) is 30.3 Å². The third-order valence-electron chi connectivity index (χ3n) is 5.50. The Hall–Kier alpha value is -1.97. The fraction of sp³-hybridized carbons (Fsp3) is 0.714. The second-order valence-electron chi connectivity index (χ2n) is 8.02. The van der Waals surface area contributed by atoms with E-state index in [1.54, 1.807) is 13.2 Å². The Morgan fingerprint density at radius 1 is 1.40 bits per heavy atom. The topological polar surface area (TPSA) is 93.2 Å². The summed E-state index contributed by atoms with van der Waals surface area (Å²) in [6, 6.07) is 3.31. The number of carbonyl (C=O) groups is 1. The van der Waals surface area contributed by atoms with Gasteiger partial charge in [0.15, 0.2) is 0 Å². The number of rotatable bonds is 13. The van der Waals surface area contributed by atoms with Gasteiger partial charge in [-0.25, -0.2) is 4.98 Å². The highest BCUT2D eigenvalue weighted by Crippen LogP contribution is 2.39. The number of aromatic nitrogens is 1. The zero-order valence-electron chi connectivity index (χ0n) is 17.7. The van der Waals surface area contributed by atoms with Gasteiger partial charge in [0.2, 0.25) is 5.88 Å². The van der Waals surface area contributed by atoms with Crippen molar-refractivity contribution in [1.82, 2.24) is 10.3 Å². The molecule has 1 aromatic heterocycles. The van der Waals surface area contributed by atoms with Crippen molar-refractivity contribution < 1.29 is 28.5 Å². The number of aliphatic hydroxyl groups is 1. The van der Waals surface area contributed by atoms with Crippen molar-refractivity contribution in [2.45, 2.75) is 31.9 Å². The second kappa shape index (κ2) is 10.9. The van der Waals surface area contributed by atoms with Crippen LogP contribution in [0.2, 0.25) is 0 Å². The predicted octanol–water partition coefficient (Wildman–Crippen LogP) is 1.42. The van der Waals surface area contributed by atoms with Crippen LogP contribution in [0.3, 0.4) is 0 Å². The lowest BCUT2D eigenvalue weighted by Crippen LogP contribution is -2.52. The first-order valence-corrected chi connectivity index (χ1v) is 10.5. The van der Waals surface area contributed by atoms with E-state index in [4.69, 9.17) is 14.2 Å². The molecule has 0 radical (unpaired) electrons. The first kappa shape index (κ1) is 22.7. The van der Waals surface area contributed by atoms with E-state index in [2.05, 4.69) is 15.2 Å². The van der Waals surface area contributed by atoms with Gasteiger partial charge in [0, 0.05) is 39.5 Å². The van der Waals surface area contributed by atoms with Crippen molar-refractivity contribution >= 4 is 11.6 Å². The predicted molar refractivity (Wildman–Crippen MR) is 110 cm³/mol. The second-order valence-corrected chi connectivity index (χ2v) is 8.02. The fourth-order valence-corrected chi connectivity index (χ4v) is 3.37. The Morgan fingerprint density at radius 2 is 2.20 bits per heavy atom. The SMILES string of the molecule is COC1CN(c2ccc(C(=O)N[C@@H](C)COCCCF)nc2OC[C@H]2C[C@@H]2CO)C1. The first-order chi connectivity index (χ1) is 14.5. The summed E-state index contributed by atoms with van der Waals surface area (Å²) in [5, 5.41) is 12.1. The average Bonchev–Trinajstić information content (AvgIpc) is 3.48. The monoisotopic (exact) mass is 425 g/mol. The number of anilines is 1. The van der Waals surface area contributed by atoms with Gasteiger partial charge in [-0.3, -0.25) is 9.18 Å². The molecule has 1 saturated heterocycles. The Kier molecular flexibility index (Phi) is 8.24. The largest absolute Gasteiger partial charge is 0.476 e. The third kappa shape index (κ3) is 6.02. The maximum atomic E-state index is 12.6. The minimum atomic E-state index is -0.415. The van der Waals surface area contributed by atoms with Crippen molar-refractivity contribution in [2.24, 2.45) is 11.8 Å². The number of halogens is 1. The van der Waals surface area contributed by atoms with Crippen molar-refractivity contribution in [3.05, 3.63) is 17.8 Å². The Labute approximate surface area is 176 Å². The molecule has 9 heteroatoms. The molecule has 2 heterocycles. The van der Waals surface area contributed by atoms with Crippen molar-refractivity contribution in [1.29, 1.82) is 0 Å². The molecule has 1 amide bonds. The molecule has 0 spiro atoms. The Morgan fingerprint density at radius 3 is 2.87 bits per heavy atom. The molecule has 2 fully saturated rings. The van der Waals surface area contributed by atoms with Gasteiger partial charge < -0.3 is 29.5 Å². The molecule has 1 aliphatic heterocycles. The minimum absolute atomic E-state index is 0.170. The van der Waals surface area contributed by atoms with Gasteiger partial charge in [-0.1, -0.05) is 0 Å². The van der Waals surface area contributed by atoms with Gasteiger partial charge in [-0.05, 0) is 43.7 Å². The summed E-state index contributed by atoms with van der Waals surface area (Å²) in [5.41, 5.74) is 1.10. The maximum Gasteiger partial charge on any atom is 0.270 e. The molecule has 3 rings (SSSR count). The van der Waals surface area contributed by atoms with Crippen molar-refractivity contribution in [2.75, 3.05) is 58.2 Å². The third-order valence-corrected chi connectivity index (χ3v) is 5.50. The van der Waals surface area contributed by atoms with E-state index < -0.39 is 6.67 Å². The molecule has 0 aromatic carbocycles. The highest BCUT2D eigenvalue weighted by atomic mass is 19.1. The van der Waals surface area contributed by atoms with Gasteiger partial charge in [-0.2, -0.15) is 0 Å². The number of nitrogens with zero attached hydrogens (tertiary/aromatic N) is 2. The zero-order valence-corrected chi connectivity index (χ0v) is 17.7. The number of amides is 1. The number of hydrogen-bond donors (Lipinski definition) is 2. The van der Waals surface area contributed by atoms with Gasteiger partial charge in [-0.15, -0.1) is 0 Å². The lowest BCUT2D eigenvalue weighted by molar-refractivity contribution is 0.0781. The summed E-state index contributed by atoms with van der Waals surface area (Å²) in [7, 11) is 1.69. The van der Waals surface area contributed by atoms with E-state index in [9.17, 15) is 14.3 Å². The smallest absolute Gasteiger partial charge is 0.270 e. The molecule has 168 valence electrons. The summed E-state index contributed by atoms with van der Waals surface area (Å²) in [6.07, 6.45) is 1.48. The molecular weight excluding hydrogens is 393 g/mol. The van der Waals surface area contributed by atoms with Crippen LogP contribution in [0.4, 0.5) is 10.1 Å². The quantitative estimate of drug-likeness (QED) is 0.462. The fourth-order valence-electron chi connectivity index (χ4n) is 3.37. The number of carbonyl (C=O) groups excluding carboxylic acids is 1. The summed E-state index contributed by atoms with van der Waals surface area (Å²) in [6.45, 7) is 4.18. The normalized spacial score (nSPS) is 21.8. The molecule has 0 unspecified atom stereocenters. The highest BCUT2D eigenvalue weighted by Gasteiger charge is 2.37. The van der Waals surface area contributed by atoms with Gasteiger partial charge >= 0.3 is 0 Å². The average molecular weight is 426 g/mol. The summed E-state index contributed by atoms with van der Waals surface area (Å²) < 4.78 is 28.8. The molecule has 1 aromatic rings. The molecule has 2 N–H and O–H groups in total. The maximum absolute atomic E-state index is 12.6. The molecule has 30 heavy (non-hydrogen) atoms. The number of aliphatic hydroxyl groups excluding tert-OH is 1. The van der Waals surface area contributed by atoms with Crippen LogP contribution in [0, 0.1) is 11.8 Å². The summed E-state index contributed by atoms with van der Waals surface area (Å²) in [4.78, 5) is 19.2. The van der Waals surface area contributed by atoms with Crippen LogP contribution in [0.15, 0.2) is 12.1 Å². The Bertz CT molecular complexity index is 701. The number of ether oxygens (including phenoxy) is 3.